The van der Waals surface area contributed by atoms with Gasteiger partial charge in [-0.25, -0.2) is 14.4 Å². The number of nitrogens with one attached hydrogen (secondary N) is 2. The fraction of sp³-hybridized carbons (Fsp3) is 0.375. The van der Waals surface area contributed by atoms with Gasteiger partial charge in [0.05, 0.1) is 6.04 Å². The molecule has 0 aliphatic heterocycles. The van der Waals surface area contributed by atoms with E-state index in [1.165, 1.54) is 12.1 Å². The SMILES string of the molecule is CCCc1nc(NC)cc(NC(C)c2cccc(F)c2)n1. The summed E-state index contributed by atoms with van der Waals surface area (Å²) in [5.41, 5.74) is 0.886. The highest BCUT2D eigenvalue weighted by Gasteiger charge is 2.09. The zero-order valence-corrected chi connectivity index (χ0v) is 12.7. The lowest BCUT2D eigenvalue weighted by Gasteiger charge is -2.16. The van der Waals surface area contributed by atoms with E-state index < -0.39 is 0 Å². The molecule has 0 aliphatic rings. The molecule has 4 nitrogen and oxygen atoms in total. The van der Waals surface area contributed by atoms with Crippen LogP contribution in [0.4, 0.5) is 16.0 Å². The average Bonchev–Trinajstić information content (AvgIpc) is 2.47. The molecule has 2 N–H and O–H groups in total. The first kappa shape index (κ1) is 15.2. The molecule has 5 heteroatoms. The van der Waals surface area contributed by atoms with Gasteiger partial charge in [-0.1, -0.05) is 19.1 Å². The molecule has 1 atom stereocenters. The smallest absolute Gasteiger partial charge is 0.133 e. The van der Waals surface area contributed by atoms with Crippen LogP contribution in [0.3, 0.4) is 0 Å². The van der Waals surface area contributed by atoms with Crippen molar-refractivity contribution in [1.82, 2.24) is 9.97 Å². The summed E-state index contributed by atoms with van der Waals surface area (Å²) in [7, 11) is 1.83. The molecule has 0 amide bonds. The van der Waals surface area contributed by atoms with Gasteiger partial charge in [0, 0.05) is 19.5 Å². The molecule has 0 bridgehead atoms. The first-order chi connectivity index (χ1) is 10.1. The van der Waals surface area contributed by atoms with E-state index in [1.54, 1.807) is 6.07 Å². The zero-order valence-electron chi connectivity index (χ0n) is 12.7. The van der Waals surface area contributed by atoms with Crippen LogP contribution >= 0.6 is 0 Å². The van der Waals surface area contributed by atoms with E-state index in [-0.39, 0.29) is 11.9 Å². The fourth-order valence-corrected chi connectivity index (χ4v) is 2.12. The second kappa shape index (κ2) is 7.02. The van der Waals surface area contributed by atoms with E-state index in [0.717, 1.165) is 35.9 Å². The van der Waals surface area contributed by atoms with Crippen LogP contribution in [0.5, 0.6) is 0 Å². The molecule has 21 heavy (non-hydrogen) atoms. The van der Waals surface area contributed by atoms with Crippen LogP contribution < -0.4 is 10.6 Å². The van der Waals surface area contributed by atoms with E-state index in [0.29, 0.717) is 0 Å². The normalized spacial score (nSPS) is 12.0. The number of anilines is 2. The van der Waals surface area contributed by atoms with Gasteiger partial charge in [-0.2, -0.15) is 0 Å². The Hall–Kier alpha value is -2.17. The van der Waals surface area contributed by atoms with E-state index in [9.17, 15) is 4.39 Å². The van der Waals surface area contributed by atoms with Crippen LogP contribution in [0.25, 0.3) is 0 Å². The molecule has 0 aliphatic carbocycles. The summed E-state index contributed by atoms with van der Waals surface area (Å²) in [4.78, 5) is 8.92. The first-order valence-electron chi connectivity index (χ1n) is 7.20. The van der Waals surface area contributed by atoms with Gasteiger partial charge in [-0.05, 0) is 31.0 Å². The molecule has 2 aromatic rings. The summed E-state index contributed by atoms with van der Waals surface area (Å²) in [6.45, 7) is 4.08. The van der Waals surface area contributed by atoms with Crippen LogP contribution in [-0.2, 0) is 6.42 Å². The molecule has 1 heterocycles. The summed E-state index contributed by atoms with van der Waals surface area (Å²) in [5, 5.41) is 6.34. The van der Waals surface area contributed by atoms with E-state index in [4.69, 9.17) is 0 Å². The van der Waals surface area contributed by atoms with Crippen LogP contribution in [0, 0.1) is 5.82 Å². The Kier molecular flexibility index (Phi) is 5.09. The molecule has 112 valence electrons. The van der Waals surface area contributed by atoms with Crippen molar-refractivity contribution in [3.63, 3.8) is 0 Å². The van der Waals surface area contributed by atoms with E-state index >= 15 is 0 Å². The minimum Gasteiger partial charge on any atom is -0.373 e. The van der Waals surface area contributed by atoms with E-state index in [1.807, 2.05) is 26.1 Å². The second-order valence-corrected chi connectivity index (χ2v) is 4.98. The van der Waals surface area contributed by atoms with Gasteiger partial charge in [-0.15, -0.1) is 0 Å². The van der Waals surface area contributed by atoms with Crippen LogP contribution in [0.15, 0.2) is 30.3 Å². The number of halogens is 1. The van der Waals surface area contributed by atoms with Gasteiger partial charge >= 0.3 is 0 Å². The maximum Gasteiger partial charge on any atom is 0.133 e. The van der Waals surface area contributed by atoms with Crippen molar-refractivity contribution in [2.45, 2.75) is 32.7 Å². The third-order valence-electron chi connectivity index (χ3n) is 3.22. The molecule has 0 radical (unpaired) electrons. The van der Waals surface area contributed by atoms with Gasteiger partial charge in [0.15, 0.2) is 0 Å². The molecule has 0 saturated heterocycles. The lowest BCUT2D eigenvalue weighted by Crippen LogP contribution is -2.10. The Bertz CT molecular complexity index is 601. The average molecular weight is 288 g/mol. The Labute approximate surface area is 124 Å². The van der Waals surface area contributed by atoms with Gasteiger partial charge in [0.25, 0.3) is 0 Å². The Morgan fingerprint density at radius 1 is 1.19 bits per heavy atom. The number of hydrogen-bond donors (Lipinski definition) is 2. The lowest BCUT2D eigenvalue weighted by atomic mass is 10.1. The number of rotatable bonds is 6. The molecule has 0 spiro atoms. The summed E-state index contributed by atoms with van der Waals surface area (Å²) in [6.07, 6.45) is 1.82. The number of hydrogen-bond acceptors (Lipinski definition) is 4. The number of nitrogens with zero attached hydrogens (tertiary/aromatic N) is 2. The zero-order chi connectivity index (χ0) is 15.2. The quantitative estimate of drug-likeness (QED) is 0.849. The van der Waals surface area contributed by atoms with E-state index in [2.05, 4.69) is 27.5 Å². The van der Waals surface area contributed by atoms with Crippen molar-refractivity contribution < 1.29 is 4.39 Å². The maximum atomic E-state index is 13.3. The van der Waals surface area contributed by atoms with Gasteiger partial charge in [0.1, 0.15) is 23.3 Å². The first-order valence-corrected chi connectivity index (χ1v) is 7.20. The molecule has 2 rings (SSSR count). The standard InChI is InChI=1S/C16H21FN4/c1-4-6-14-20-15(18-3)10-16(21-14)19-11(2)12-7-5-8-13(17)9-12/h5,7-11H,4,6H2,1-3H3,(H2,18,19,20,21). The number of aromatic nitrogens is 2. The van der Waals surface area contributed by atoms with Gasteiger partial charge < -0.3 is 10.6 Å². The third kappa shape index (κ3) is 4.15. The Morgan fingerprint density at radius 2 is 1.95 bits per heavy atom. The van der Waals surface area contributed by atoms with Crippen LogP contribution in [0.2, 0.25) is 0 Å². The van der Waals surface area contributed by atoms with Crippen LogP contribution in [-0.4, -0.2) is 17.0 Å². The monoisotopic (exact) mass is 288 g/mol. The summed E-state index contributed by atoms with van der Waals surface area (Å²) in [5.74, 6) is 2.10. The van der Waals surface area contributed by atoms with Crippen molar-refractivity contribution >= 4 is 11.6 Å². The topological polar surface area (TPSA) is 49.8 Å². The highest BCUT2D eigenvalue weighted by atomic mass is 19.1. The molecular formula is C16H21FN4. The maximum absolute atomic E-state index is 13.3. The van der Waals surface area contributed by atoms with Crippen LogP contribution in [0.1, 0.15) is 37.7 Å². The van der Waals surface area contributed by atoms with Crippen molar-refractivity contribution in [3.05, 3.63) is 47.5 Å². The summed E-state index contributed by atoms with van der Waals surface area (Å²) < 4.78 is 13.3. The molecule has 0 saturated carbocycles. The number of benzene rings is 1. The minimum atomic E-state index is -0.230. The molecule has 1 aromatic carbocycles. The largest absolute Gasteiger partial charge is 0.373 e. The minimum absolute atomic E-state index is 0.0326. The molecule has 1 unspecified atom stereocenters. The lowest BCUT2D eigenvalue weighted by molar-refractivity contribution is 0.623. The molecular weight excluding hydrogens is 267 g/mol. The molecule has 0 fully saturated rings. The third-order valence-corrected chi connectivity index (χ3v) is 3.22. The highest BCUT2D eigenvalue weighted by molar-refractivity contribution is 5.48. The molecule has 1 aromatic heterocycles. The van der Waals surface area contributed by atoms with Crippen molar-refractivity contribution in [1.29, 1.82) is 0 Å². The van der Waals surface area contributed by atoms with Gasteiger partial charge in [0.2, 0.25) is 0 Å². The van der Waals surface area contributed by atoms with Crippen molar-refractivity contribution in [2.75, 3.05) is 17.7 Å². The summed E-state index contributed by atoms with van der Waals surface area (Å²) in [6, 6.07) is 8.41. The summed E-state index contributed by atoms with van der Waals surface area (Å²) >= 11 is 0. The number of aryl methyl sites for hydroxylation is 1. The predicted octanol–water partition coefficient (Wildman–Crippen LogP) is 3.78. The van der Waals surface area contributed by atoms with Crippen molar-refractivity contribution in [2.24, 2.45) is 0 Å². The Morgan fingerprint density at radius 3 is 2.62 bits per heavy atom. The highest BCUT2D eigenvalue weighted by Crippen LogP contribution is 2.20. The Balaban J connectivity index is 2.19. The predicted molar refractivity (Wildman–Crippen MR) is 84.0 cm³/mol. The second-order valence-electron chi connectivity index (χ2n) is 4.98. The van der Waals surface area contributed by atoms with Gasteiger partial charge in [-0.3, -0.25) is 0 Å². The van der Waals surface area contributed by atoms with Crippen molar-refractivity contribution in [3.8, 4) is 0 Å². The fourth-order valence-electron chi connectivity index (χ4n) is 2.12.